The summed E-state index contributed by atoms with van der Waals surface area (Å²) < 4.78 is 1.86. The van der Waals surface area contributed by atoms with E-state index in [1.54, 1.807) is 30.2 Å². The summed E-state index contributed by atoms with van der Waals surface area (Å²) in [5.74, 6) is 0.731. The highest BCUT2D eigenvalue weighted by Crippen LogP contribution is 2.23. The number of nitrogens with zero attached hydrogens (tertiary/aromatic N) is 4. The Morgan fingerprint density at radius 2 is 2.00 bits per heavy atom. The zero-order valence-electron chi connectivity index (χ0n) is 8.39. The highest BCUT2D eigenvalue weighted by atomic mass is 35.5. The van der Waals surface area contributed by atoms with Gasteiger partial charge in [-0.3, -0.25) is 0 Å². The molecule has 4 nitrogen and oxygen atoms in total. The molecule has 0 radical (unpaired) electrons. The summed E-state index contributed by atoms with van der Waals surface area (Å²) in [5.41, 5.74) is 1.01. The van der Waals surface area contributed by atoms with E-state index in [1.165, 1.54) is 0 Å². The van der Waals surface area contributed by atoms with E-state index in [9.17, 15) is 0 Å². The van der Waals surface area contributed by atoms with Crippen molar-refractivity contribution in [2.24, 2.45) is 7.05 Å². The molecule has 0 saturated heterocycles. The first-order chi connectivity index (χ1) is 7.65. The molecule has 2 heterocycles. The third kappa shape index (κ3) is 2.87. The normalized spacial score (nSPS) is 10.7. The van der Waals surface area contributed by atoms with Crippen LogP contribution in [0, 0.1) is 0 Å². The van der Waals surface area contributed by atoms with Crippen molar-refractivity contribution in [3.63, 3.8) is 0 Å². The summed E-state index contributed by atoms with van der Waals surface area (Å²) in [6.45, 7) is 0. The lowest BCUT2D eigenvalue weighted by Gasteiger charge is -2.02. The molecule has 0 aliphatic rings. The van der Waals surface area contributed by atoms with Crippen molar-refractivity contribution in [3.05, 3.63) is 34.3 Å². The number of aryl methyl sites for hydroxylation is 1. The Balaban J connectivity index is 2.07. The van der Waals surface area contributed by atoms with Crippen LogP contribution in [-0.4, -0.2) is 19.7 Å². The van der Waals surface area contributed by atoms with Crippen LogP contribution in [0.15, 0.2) is 23.6 Å². The van der Waals surface area contributed by atoms with Crippen molar-refractivity contribution in [2.45, 2.75) is 10.9 Å². The fourth-order valence-corrected chi connectivity index (χ4v) is 2.47. The van der Waals surface area contributed by atoms with E-state index in [0.29, 0.717) is 10.3 Å². The molecule has 2 rings (SSSR count). The van der Waals surface area contributed by atoms with E-state index in [0.717, 1.165) is 16.5 Å². The minimum atomic E-state index is 0.404. The molecule has 0 bridgehead atoms. The Labute approximate surface area is 107 Å². The fourth-order valence-electron chi connectivity index (χ4n) is 1.15. The van der Waals surface area contributed by atoms with Crippen molar-refractivity contribution in [1.29, 1.82) is 0 Å². The van der Waals surface area contributed by atoms with Gasteiger partial charge in [-0.25, -0.2) is 4.98 Å². The van der Waals surface area contributed by atoms with Gasteiger partial charge >= 0.3 is 0 Å². The first-order valence-electron chi connectivity index (χ1n) is 4.44. The maximum absolute atomic E-state index is 5.80. The molecule has 0 atom stereocenters. The predicted molar refractivity (Wildman–Crippen MR) is 64.8 cm³/mol. The van der Waals surface area contributed by atoms with Crippen molar-refractivity contribution in [2.75, 3.05) is 0 Å². The van der Waals surface area contributed by atoms with Gasteiger partial charge in [-0.15, -0.1) is 10.2 Å². The number of hydrogen-bond donors (Lipinski definition) is 0. The van der Waals surface area contributed by atoms with Crippen LogP contribution in [0.5, 0.6) is 0 Å². The van der Waals surface area contributed by atoms with Crippen molar-refractivity contribution < 1.29 is 0 Å². The summed E-state index contributed by atoms with van der Waals surface area (Å²) >= 11 is 13.2. The molecule has 0 aromatic carbocycles. The molecule has 0 amide bonds. The molecule has 0 aliphatic carbocycles. The van der Waals surface area contributed by atoms with Gasteiger partial charge in [-0.1, -0.05) is 35.0 Å². The standard InChI is InChI=1S/C9H8Cl2N4S/c1-15-5-12-14-9(15)16-4-6-2-7(10)13-8(11)3-6/h2-3,5H,4H2,1H3. The minimum Gasteiger partial charge on any atom is -0.312 e. The molecule has 0 unspecified atom stereocenters. The summed E-state index contributed by atoms with van der Waals surface area (Å²) in [4.78, 5) is 3.89. The van der Waals surface area contributed by atoms with Gasteiger partial charge in [-0.05, 0) is 17.7 Å². The smallest absolute Gasteiger partial charge is 0.191 e. The van der Waals surface area contributed by atoms with Gasteiger partial charge in [-0.2, -0.15) is 0 Å². The number of rotatable bonds is 3. The molecule has 0 N–H and O–H groups in total. The molecule has 0 spiro atoms. The highest BCUT2D eigenvalue weighted by molar-refractivity contribution is 7.98. The maximum atomic E-state index is 5.80. The second-order valence-electron chi connectivity index (χ2n) is 3.13. The molecule has 2 aromatic rings. The summed E-state index contributed by atoms with van der Waals surface area (Å²) in [5, 5.41) is 9.43. The Hall–Kier alpha value is -0.780. The van der Waals surface area contributed by atoms with Gasteiger partial charge in [0.15, 0.2) is 5.16 Å². The second-order valence-corrected chi connectivity index (χ2v) is 4.85. The molecular weight excluding hydrogens is 267 g/mol. The minimum absolute atomic E-state index is 0.404. The van der Waals surface area contributed by atoms with Gasteiger partial charge in [0.05, 0.1) is 0 Å². The molecule has 2 aromatic heterocycles. The van der Waals surface area contributed by atoms with E-state index in [2.05, 4.69) is 15.2 Å². The first kappa shape index (κ1) is 11.7. The Morgan fingerprint density at radius 3 is 2.56 bits per heavy atom. The van der Waals surface area contributed by atoms with Crippen LogP contribution >= 0.6 is 35.0 Å². The van der Waals surface area contributed by atoms with E-state index in [-0.39, 0.29) is 0 Å². The SMILES string of the molecule is Cn1cnnc1SCc1cc(Cl)nc(Cl)c1. The fraction of sp³-hybridized carbons (Fsp3) is 0.222. The van der Waals surface area contributed by atoms with Crippen LogP contribution in [0.3, 0.4) is 0 Å². The van der Waals surface area contributed by atoms with E-state index in [4.69, 9.17) is 23.2 Å². The van der Waals surface area contributed by atoms with Gasteiger partial charge in [0.25, 0.3) is 0 Å². The zero-order valence-corrected chi connectivity index (χ0v) is 10.7. The third-order valence-corrected chi connectivity index (χ3v) is 3.35. The van der Waals surface area contributed by atoms with Crippen molar-refractivity contribution in [1.82, 2.24) is 19.7 Å². The quantitative estimate of drug-likeness (QED) is 0.638. The Bertz CT molecular complexity index is 480. The van der Waals surface area contributed by atoms with Gasteiger partial charge < -0.3 is 4.57 Å². The van der Waals surface area contributed by atoms with Crippen molar-refractivity contribution >= 4 is 35.0 Å². The number of pyridine rings is 1. The highest BCUT2D eigenvalue weighted by Gasteiger charge is 2.04. The largest absolute Gasteiger partial charge is 0.312 e. The number of thioether (sulfide) groups is 1. The number of hydrogen-bond acceptors (Lipinski definition) is 4. The topological polar surface area (TPSA) is 43.6 Å². The monoisotopic (exact) mass is 274 g/mol. The van der Waals surface area contributed by atoms with Crippen LogP contribution in [-0.2, 0) is 12.8 Å². The van der Waals surface area contributed by atoms with Crippen LogP contribution in [0.25, 0.3) is 0 Å². The van der Waals surface area contributed by atoms with Crippen LogP contribution in [0.1, 0.15) is 5.56 Å². The second kappa shape index (κ2) is 5.03. The molecule has 84 valence electrons. The summed E-state index contributed by atoms with van der Waals surface area (Å²) in [6.07, 6.45) is 1.66. The van der Waals surface area contributed by atoms with Crippen molar-refractivity contribution in [3.8, 4) is 0 Å². The first-order valence-corrected chi connectivity index (χ1v) is 6.18. The van der Waals surface area contributed by atoms with E-state index < -0.39 is 0 Å². The molecule has 7 heteroatoms. The Kier molecular flexibility index (Phi) is 3.68. The van der Waals surface area contributed by atoms with E-state index >= 15 is 0 Å². The van der Waals surface area contributed by atoms with Crippen LogP contribution < -0.4 is 0 Å². The average Bonchev–Trinajstić information content (AvgIpc) is 2.59. The lowest BCUT2D eigenvalue weighted by Crippen LogP contribution is -1.90. The van der Waals surface area contributed by atoms with Crippen LogP contribution in [0.4, 0.5) is 0 Å². The molecule has 0 aliphatic heterocycles. The zero-order chi connectivity index (χ0) is 11.5. The van der Waals surface area contributed by atoms with Gasteiger partial charge in [0, 0.05) is 12.8 Å². The van der Waals surface area contributed by atoms with Gasteiger partial charge in [0.2, 0.25) is 0 Å². The van der Waals surface area contributed by atoms with Gasteiger partial charge in [0.1, 0.15) is 16.6 Å². The lowest BCUT2D eigenvalue weighted by molar-refractivity contribution is 0.788. The maximum Gasteiger partial charge on any atom is 0.191 e. The number of halogens is 2. The average molecular weight is 275 g/mol. The molecule has 0 fully saturated rings. The molecule has 0 saturated carbocycles. The van der Waals surface area contributed by atoms with Crippen LogP contribution in [0.2, 0.25) is 10.3 Å². The Morgan fingerprint density at radius 1 is 1.31 bits per heavy atom. The third-order valence-electron chi connectivity index (χ3n) is 1.86. The van der Waals surface area contributed by atoms with E-state index in [1.807, 2.05) is 11.6 Å². The molecular formula is C9H8Cl2N4S. The predicted octanol–water partition coefficient (Wildman–Crippen LogP) is 2.81. The summed E-state index contributed by atoms with van der Waals surface area (Å²) in [7, 11) is 1.90. The lowest BCUT2D eigenvalue weighted by atomic mass is 10.3. The molecule has 16 heavy (non-hydrogen) atoms. The number of aromatic nitrogens is 4. The summed E-state index contributed by atoms with van der Waals surface area (Å²) in [6, 6.07) is 3.58.